The van der Waals surface area contributed by atoms with E-state index in [0.29, 0.717) is 19.5 Å². The number of carbonyl (C=O) groups is 1. The van der Waals surface area contributed by atoms with Crippen molar-refractivity contribution in [3.8, 4) is 0 Å². The van der Waals surface area contributed by atoms with Crippen LogP contribution in [0.25, 0.3) is 0 Å². The number of aliphatic hydroxyl groups is 1. The van der Waals surface area contributed by atoms with Gasteiger partial charge in [-0.3, -0.25) is 4.79 Å². The highest BCUT2D eigenvalue weighted by Gasteiger charge is 2.70. The lowest BCUT2D eigenvalue weighted by atomic mass is 9.96. The molecule has 1 aromatic rings. The first-order valence-electron chi connectivity index (χ1n) is 9.08. The van der Waals surface area contributed by atoms with Gasteiger partial charge in [-0.2, -0.15) is 13.2 Å². The smallest absolute Gasteiger partial charge is 0.435 e. The predicted molar refractivity (Wildman–Crippen MR) is 93.3 cm³/mol. The lowest BCUT2D eigenvalue weighted by Gasteiger charge is -2.25. The SMILES string of the molecule is C[C@H]1C[C@H](O)CN1c1nc(C(F)(F)F)c(Cl)c(C23CNCC2C3CC(=O)O)n1. The minimum Gasteiger partial charge on any atom is -0.481 e. The molecule has 1 aromatic heterocycles. The Morgan fingerprint density at radius 3 is 2.71 bits per heavy atom. The fourth-order valence-corrected chi connectivity index (χ4v) is 5.28. The number of aliphatic hydroxyl groups excluding tert-OH is 1. The first-order valence-corrected chi connectivity index (χ1v) is 9.46. The number of nitrogens with one attached hydrogen (secondary N) is 1. The molecule has 2 saturated heterocycles. The standard InChI is InChI=1S/C17H20ClF3N4O3/c1-7-2-8(26)5-25(7)15-23-13(12(18)14(24-15)17(19,20)21)16-6-22-4-10(16)9(16)3-11(27)28/h7-10,22,26H,2-6H2,1H3,(H,27,28)/t7-,8-,9?,10?,16?/m0/s1. The van der Waals surface area contributed by atoms with Crippen molar-refractivity contribution in [2.45, 2.75) is 43.5 Å². The van der Waals surface area contributed by atoms with Crippen LogP contribution < -0.4 is 10.2 Å². The summed E-state index contributed by atoms with van der Waals surface area (Å²) in [7, 11) is 0. The minimum atomic E-state index is -4.78. The molecule has 0 amide bonds. The van der Waals surface area contributed by atoms with Crippen LogP contribution in [0.1, 0.15) is 31.2 Å². The third-order valence-electron chi connectivity index (χ3n) is 6.23. The molecule has 0 radical (unpaired) electrons. The summed E-state index contributed by atoms with van der Waals surface area (Å²) in [6.45, 7) is 2.74. The molecule has 7 nitrogen and oxygen atoms in total. The second kappa shape index (κ2) is 6.43. The van der Waals surface area contributed by atoms with Crippen molar-refractivity contribution in [3.63, 3.8) is 0 Å². The van der Waals surface area contributed by atoms with Crippen LogP contribution in [0.2, 0.25) is 5.02 Å². The first-order chi connectivity index (χ1) is 13.1. The van der Waals surface area contributed by atoms with Crippen molar-refractivity contribution >= 4 is 23.5 Å². The van der Waals surface area contributed by atoms with Crippen molar-refractivity contribution in [2.75, 3.05) is 24.5 Å². The van der Waals surface area contributed by atoms with Gasteiger partial charge in [0.15, 0.2) is 5.69 Å². The molecule has 3 fully saturated rings. The Morgan fingerprint density at radius 2 is 2.14 bits per heavy atom. The third-order valence-corrected chi connectivity index (χ3v) is 6.59. The number of anilines is 1. The van der Waals surface area contributed by atoms with E-state index >= 15 is 0 Å². The van der Waals surface area contributed by atoms with Crippen LogP contribution in [-0.2, 0) is 16.4 Å². The number of piperidine rings is 1. The Hall–Kier alpha value is -1.65. The second-order valence-corrected chi connectivity index (χ2v) is 8.28. The molecule has 28 heavy (non-hydrogen) atoms. The minimum absolute atomic E-state index is 0.0568. The van der Waals surface area contributed by atoms with E-state index in [4.69, 9.17) is 11.6 Å². The van der Waals surface area contributed by atoms with Crippen molar-refractivity contribution in [2.24, 2.45) is 11.8 Å². The van der Waals surface area contributed by atoms with E-state index in [1.807, 2.05) is 0 Å². The van der Waals surface area contributed by atoms with Gasteiger partial charge in [-0.15, -0.1) is 0 Å². The molecule has 3 N–H and O–H groups in total. The number of halogens is 4. The number of alkyl halides is 3. The van der Waals surface area contributed by atoms with E-state index in [2.05, 4.69) is 15.3 Å². The van der Waals surface area contributed by atoms with Crippen LogP contribution in [0.3, 0.4) is 0 Å². The molecule has 0 bridgehead atoms. The monoisotopic (exact) mass is 420 g/mol. The Balaban J connectivity index is 1.83. The molecule has 2 aliphatic heterocycles. The molecule has 5 atom stereocenters. The van der Waals surface area contributed by atoms with Crippen molar-refractivity contribution in [3.05, 3.63) is 16.4 Å². The van der Waals surface area contributed by atoms with Crippen LogP contribution >= 0.6 is 11.6 Å². The number of carboxylic acid groups (broad SMARTS) is 1. The van der Waals surface area contributed by atoms with E-state index in [9.17, 15) is 28.2 Å². The molecule has 1 aliphatic carbocycles. The fourth-order valence-electron chi connectivity index (χ4n) is 4.91. The zero-order chi connectivity index (χ0) is 20.4. The van der Waals surface area contributed by atoms with Crippen molar-refractivity contribution in [1.29, 1.82) is 0 Å². The van der Waals surface area contributed by atoms with E-state index in [1.165, 1.54) is 0 Å². The Morgan fingerprint density at radius 1 is 1.43 bits per heavy atom. The molecule has 154 valence electrons. The van der Waals surface area contributed by atoms with E-state index in [0.717, 1.165) is 0 Å². The topological polar surface area (TPSA) is 98.6 Å². The zero-order valence-electron chi connectivity index (χ0n) is 15.0. The van der Waals surface area contributed by atoms with E-state index in [-0.39, 0.29) is 42.5 Å². The lowest BCUT2D eigenvalue weighted by Crippen LogP contribution is -2.32. The highest BCUT2D eigenvalue weighted by molar-refractivity contribution is 6.32. The summed E-state index contributed by atoms with van der Waals surface area (Å²) in [6.07, 6.45) is -5.20. The summed E-state index contributed by atoms with van der Waals surface area (Å²) in [4.78, 5) is 20.9. The van der Waals surface area contributed by atoms with Gasteiger partial charge in [0, 0.05) is 31.0 Å². The first kappa shape index (κ1) is 19.7. The maximum atomic E-state index is 13.6. The maximum Gasteiger partial charge on any atom is 0.435 e. The number of β-amino-alcohol motifs (C(OH)–C–C–N with tert-alkyl or cyclic N) is 1. The summed E-state index contributed by atoms with van der Waals surface area (Å²) >= 11 is 6.15. The van der Waals surface area contributed by atoms with Gasteiger partial charge in [0.2, 0.25) is 5.95 Å². The Bertz CT molecular complexity index is 824. The largest absolute Gasteiger partial charge is 0.481 e. The maximum absolute atomic E-state index is 13.6. The van der Waals surface area contributed by atoms with Gasteiger partial charge in [-0.1, -0.05) is 11.6 Å². The third kappa shape index (κ3) is 2.93. The molecule has 0 spiro atoms. The molecular weight excluding hydrogens is 401 g/mol. The lowest BCUT2D eigenvalue weighted by molar-refractivity contribution is -0.141. The second-order valence-electron chi connectivity index (χ2n) is 7.91. The highest BCUT2D eigenvalue weighted by Crippen LogP contribution is 2.64. The summed E-state index contributed by atoms with van der Waals surface area (Å²) in [5.41, 5.74) is -2.00. The summed E-state index contributed by atoms with van der Waals surface area (Å²) in [5, 5.41) is 21.6. The van der Waals surface area contributed by atoms with Gasteiger partial charge in [0.25, 0.3) is 0 Å². The normalized spacial score (nSPS) is 34.6. The average Bonchev–Trinajstić information content (AvgIpc) is 2.90. The Kier molecular flexibility index (Phi) is 4.51. The number of nitrogens with zero attached hydrogens (tertiary/aromatic N) is 3. The number of rotatable bonds is 4. The average molecular weight is 421 g/mol. The molecular formula is C17H20ClF3N4O3. The van der Waals surface area contributed by atoms with Crippen LogP contribution in [0.5, 0.6) is 0 Å². The highest BCUT2D eigenvalue weighted by atomic mass is 35.5. The number of aromatic nitrogens is 2. The van der Waals surface area contributed by atoms with E-state index < -0.39 is 34.4 Å². The number of aliphatic carboxylic acids is 1. The van der Waals surface area contributed by atoms with Crippen LogP contribution in [0.15, 0.2) is 0 Å². The zero-order valence-corrected chi connectivity index (χ0v) is 15.8. The van der Waals surface area contributed by atoms with Gasteiger partial charge >= 0.3 is 12.1 Å². The van der Waals surface area contributed by atoms with Gasteiger partial charge < -0.3 is 20.4 Å². The van der Waals surface area contributed by atoms with Crippen LogP contribution in [0, 0.1) is 11.8 Å². The summed E-state index contributed by atoms with van der Waals surface area (Å²) in [5.74, 6) is -1.59. The molecule has 3 unspecified atom stereocenters. The number of fused-ring (bicyclic) bond motifs is 1. The molecule has 4 rings (SSSR count). The molecule has 1 saturated carbocycles. The van der Waals surface area contributed by atoms with Gasteiger partial charge in [0.05, 0.1) is 16.8 Å². The quantitative estimate of drug-likeness (QED) is 0.681. The molecule has 11 heteroatoms. The summed E-state index contributed by atoms with van der Waals surface area (Å²) < 4.78 is 40.9. The van der Waals surface area contributed by atoms with Gasteiger partial charge in [-0.05, 0) is 31.7 Å². The van der Waals surface area contributed by atoms with Crippen molar-refractivity contribution < 1.29 is 28.2 Å². The fraction of sp³-hybridized carbons (Fsp3) is 0.706. The summed E-state index contributed by atoms with van der Waals surface area (Å²) in [6, 6.07) is -0.228. The number of hydrogen-bond acceptors (Lipinski definition) is 6. The molecule has 3 heterocycles. The van der Waals surface area contributed by atoms with Crippen LogP contribution in [0.4, 0.5) is 19.1 Å². The van der Waals surface area contributed by atoms with Crippen LogP contribution in [-0.4, -0.2) is 57.9 Å². The van der Waals surface area contributed by atoms with Gasteiger partial charge in [-0.25, -0.2) is 9.97 Å². The molecule has 3 aliphatic rings. The van der Waals surface area contributed by atoms with E-state index in [1.54, 1.807) is 11.8 Å². The number of carboxylic acids is 1. The number of hydrogen-bond donors (Lipinski definition) is 3. The van der Waals surface area contributed by atoms with Crippen molar-refractivity contribution in [1.82, 2.24) is 15.3 Å². The molecule has 0 aromatic carbocycles. The van der Waals surface area contributed by atoms with Gasteiger partial charge in [0.1, 0.15) is 0 Å². The predicted octanol–water partition coefficient (Wildman–Crippen LogP) is 1.67. The Labute approximate surface area is 163 Å².